The van der Waals surface area contributed by atoms with Gasteiger partial charge in [0.15, 0.2) is 0 Å². The number of hydrogen-bond acceptors (Lipinski definition) is 6. The largest absolute Gasteiger partial charge is 0.468 e. The fourth-order valence-corrected chi connectivity index (χ4v) is 1.83. The lowest BCUT2D eigenvalue weighted by molar-refractivity contribution is -0.141. The van der Waals surface area contributed by atoms with E-state index in [1.54, 1.807) is 12.1 Å². The third-order valence-corrected chi connectivity index (χ3v) is 3.11. The first-order chi connectivity index (χ1) is 11.6. The Hall–Kier alpha value is -2.61. The first-order valence-electron chi connectivity index (χ1n) is 7.49. The Morgan fingerprint density at radius 2 is 1.92 bits per heavy atom. The molecule has 1 aromatic rings. The second-order valence-electron chi connectivity index (χ2n) is 4.92. The highest BCUT2D eigenvalue weighted by Gasteiger charge is 2.21. The van der Waals surface area contributed by atoms with E-state index < -0.39 is 24.0 Å². The van der Waals surface area contributed by atoms with E-state index in [2.05, 4.69) is 15.4 Å². The number of hydrogen-bond donors (Lipinski definition) is 3. The smallest absolute Gasteiger partial charge is 0.408 e. The van der Waals surface area contributed by atoms with Gasteiger partial charge in [0.2, 0.25) is 5.91 Å². The fraction of sp³-hybridized carbons (Fsp3) is 0.438. The molecular formula is C16H22N2O6. The number of amides is 2. The zero-order chi connectivity index (χ0) is 17.8. The monoisotopic (exact) mass is 338 g/mol. The fourth-order valence-electron chi connectivity index (χ4n) is 1.83. The van der Waals surface area contributed by atoms with Crippen LogP contribution in [-0.2, 0) is 25.7 Å². The van der Waals surface area contributed by atoms with Crippen molar-refractivity contribution in [2.75, 3.05) is 20.3 Å². The second kappa shape index (κ2) is 11.0. The molecule has 0 radical (unpaired) electrons. The highest BCUT2D eigenvalue weighted by Crippen LogP contribution is 2.02. The molecule has 24 heavy (non-hydrogen) atoms. The number of aliphatic hydroxyl groups is 1. The van der Waals surface area contributed by atoms with Crippen molar-refractivity contribution in [2.24, 2.45) is 0 Å². The van der Waals surface area contributed by atoms with Gasteiger partial charge in [-0.2, -0.15) is 0 Å². The number of carbonyl (C=O) groups is 3. The normalized spacial score (nSPS) is 11.2. The van der Waals surface area contributed by atoms with Gasteiger partial charge in [-0.25, -0.2) is 4.79 Å². The molecule has 8 heteroatoms. The van der Waals surface area contributed by atoms with Crippen molar-refractivity contribution in [1.82, 2.24) is 10.6 Å². The van der Waals surface area contributed by atoms with Crippen LogP contribution in [0.4, 0.5) is 4.79 Å². The van der Waals surface area contributed by atoms with E-state index in [0.29, 0.717) is 6.42 Å². The molecule has 1 rings (SSSR count). The van der Waals surface area contributed by atoms with E-state index in [-0.39, 0.29) is 26.2 Å². The highest BCUT2D eigenvalue weighted by molar-refractivity contribution is 5.88. The van der Waals surface area contributed by atoms with Crippen molar-refractivity contribution >= 4 is 18.0 Å². The Morgan fingerprint density at radius 3 is 2.54 bits per heavy atom. The highest BCUT2D eigenvalue weighted by atomic mass is 16.5. The van der Waals surface area contributed by atoms with Gasteiger partial charge >= 0.3 is 12.1 Å². The molecular weight excluding hydrogens is 316 g/mol. The number of alkyl carbamates (subject to hydrolysis) is 1. The summed E-state index contributed by atoms with van der Waals surface area (Å²) >= 11 is 0. The first-order valence-corrected chi connectivity index (χ1v) is 7.49. The Morgan fingerprint density at radius 1 is 1.21 bits per heavy atom. The lowest BCUT2D eigenvalue weighted by Gasteiger charge is -2.17. The van der Waals surface area contributed by atoms with Crippen molar-refractivity contribution in [3.05, 3.63) is 35.9 Å². The number of rotatable bonds is 9. The predicted octanol–water partition coefficient (Wildman–Crippen LogP) is 0.343. The van der Waals surface area contributed by atoms with E-state index in [1.165, 1.54) is 7.11 Å². The van der Waals surface area contributed by atoms with Crippen LogP contribution in [0.25, 0.3) is 0 Å². The summed E-state index contributed by atoms with van der Waals surface area (Å²) < 4.78 is 9.48. The second-order valence-corrected chi connectivity index (χ2v) is 4.92. The van der Waals surface area contributed by atoms with Gasteiger partial charge in [0.1, 0.15) is 19.2 Å². The molecule has 0 saturated heterocycles. The lowest BCUT2D eigenvalue weighted by atomic mass is 10.1. The number of nitrogens with one attached hydrogen (secondary N) is 2. The zero-order valence-electron chi connectivity index (χ0n) is 13.5. The molecule has 0 aliphatic heterocycles. The Labute approximate surface area is 140 Å². The molecule has 3 N–H and O–H groups in total. The van der Waals surface area contributed by atoms with Crippen molar-refractivity contribution in [2.45, 2.75) is 25.5 Å². The van der Waals surface area contributed by atoms with Gasteiger partial charge in [0.25, 0.3) is 0 Å². The molecule has 8 nitrogen and oxygen atoms in total. The SMILES string of the molecule is COC(=O)CNC(=O)[C@H](CCCO)NC(=O)OCc1ccccc1. The van der Waals surface area contributed by atoms with E-state index in [4.69, 9.17) is 9.84 Å². The first kappa shape index (κ1) is 19.4. The topological polar surface area (TPSA) is 114 Å². The number of carbonyl (C=O) groups excluding carboxylic acids is 3. The molecule has 132 valence electrons. The summed E-state index contributed by atoms with van der Waals surface area (Å²) in [5.41, 5.74) is 0.815. The minimum Gasteiger partial charge on any atom is -0.468 e. The van der Waals surface area contributed by atoms with Crippen molar-refractivity contribution < 1.29 is 29.0 Å². The van der Waals surface area contributed by atoms with Crippen molar-refractivity contribution in [3.63, 3.8) is 0 Å². The van der Waals surface area contributed by atoms with Crippen LogP contribution in [0.3, 0.4) is 0 Å². The summed E-state index contributed by atoms with van der Waals surface area (Å²) in [6.45, 7) is -0.351. The maximum absolute atomic E-state index is 12.0. The van der Waals surface area contributed by atoms with Crippen LogP contribution in [-0.4, -0.2) is 49.4 Å². The van der Waals surface area contributed by atoms with E-state index >= 15 is 0 Å². The van der Waals surface area contributed by atoms with Crippen LogP contribution in [0.1, 0.15) is 18.4 Å². The van der Waals surface area contributed by atoms with Gasteiger partial charge in [-0.05, 0) is 18.4 Å². The Kier molecular flexibility index (Phi) is 8.91. The summed E-state index contributed by atoms with van der Waals surface area (Å²) in [5, 5.41) is 13.7. The van der Waals surface area contributed by atoms with Gasteiger partial charge in [0.05, 0.1) is 7.11 Å². The van der Waals surface area contributed by atoms with Crippen LogP contribution in [0.2, 0.25) is 0 Å². The quantitative estimate of drug-likeness (QED) is 0.560. The molecule has 0 saturated carbocycles. The minimum absolute atomic E-state index is 0.0726. The molecule has 1 aromatic carbocycles. The van der Waals surface area contributed by atoms with Crippen LogP contribution >= 0.6 is 0 Å². The average molecular weight is 338 g/mol. The van der Waals surface area contributed by atoms with E-state index in [1.807, 2.05) is 18.2 Å². The van der Waals surface area contributed by atoms with E-state index in [9.17, 15) is 14.4 Å². The summed E-state index contributed by atoms with van der Waals surface area (Å²) in [5.74, 6) is -1.15. The molecule has 1 atom stereocenters. The standard InChI is InChI=1S/C16H22N2O6/c1-23-14(20)10-17-15(21)13(8-5-9-19)18-16(22)24-11-12-6-3-2-4-7-12/h2-4,6-7,13,19H,5,8-11H2,1H3,(H,17,21)(H,18,22)/t13-/m0/s1. The number of ether oxygens (including phenoxy) is 2. The van der Waals surface area contributed by atoms with Gasteiger partial charge in [-0.15, -0.1) is 0 Å². The molecule has 0 aliphatic rings. The van der Waals surface area contributed by atoms with Crippen molar-refractivity contribution in [3.8, 4) is 0 Å². The molecule has 0 spiro atoms. The third kappa shape index (κ3) is 7.59. The van der Waals surface area contributed by atoms with Gasteiger partial charge in [-0.1, -0.05) is 30.3 Å². The maximum Gasteiger partial charge on any atom is 0.408 e. The summed E-state index contributed by atoms with van der Waals surface area (Å²) in [4.78, 5) is 34.9. The van der Waals surface area contributed by atoms with Gasteiger partial charge < -0.3 is 25.2 Å². The van der Waals surface area contributed by atoms with Crippen LogP contribution in [0.5, 0.6) is 0 Å². The zero-order valence-corrected chi connectivity index (χ0v) is 13.5. The Balaban J connectivity index is 2.49. The van der Waals surface area contributed by atoms with Crippen LogP contribution in [0, 0.1) is 0 Å². The Bertz CT molecular complexity index is 535. The van der Waals surface area contributed by atoms with E-state index in [0.717, 1.165) is 5.56 Å². The maximum atomic E-state index is 12.0. The summed E-state index contributed by atoms with van der Waals surface area (Å²) in [7, 11) is 1.21. The summed E-state index contributed by atoms with van der Waals surface area (Å²) in [6.07, 6.45) is -0.228. The summed E-state index contributed by atoms with van der Waals surface area (Å²) in [6, 6.07) is 8.19. The number of benzene rings is 1. The van der Waals surface area contributed by atoms with Gasteiger partial charge in [0, 0.05) is 6.61 Å². The number of aliphatic hydroxyl groups excluding tert-OH is 1. The molecule has 0 heterocycles. The minimum atomic E-state index is -0.912. The molecule has 0 aliphatic carbocycles. The molecule has 0 bridgehead atoms. The van der Waals surface area contributed by atoms with Crippen LogP contribution < -0.4 is 10.6 Å². The van der Waals surface area contributed by atoms with Crippen molar-refractivity contribution in [1.29, 1.82) is 0 Å². The number of esters is 1. The van der Waals surface area contributed by atoms with Crippen LogP contribution in [0.15, 0.2) is 30.3 Å². The molecule has 2 amide bonds. The average Bonchev–Trinajstić information content (AvgIpc) is 2.61. The number of methoxy groups -OCH3 is 1. The molecule has 0 unspecified atom stereocenters. The van der Waals surface area contributed by atoms with Gasteiger partial charge in [-0.3, -0.25) is 9.59 Å². The molecule has 0 aromatic heterocycles. The predicted molar refractivity (Wildman–Crippen MR) is 84.9 cm³/mol. The third-order valence-electron chi connectivity index (χ3n) is 3.11. The molecule has 0 fully saturated rings. The lowest BCUT2D eigenvalue weighted by Crippen LogP contribution is -2.48.